The molecule has 1 atom stereocenters. The average molecular weight is 252 g/mol. The third-order valence-corrected chi connectivity index (χ3v) is 2.99. The molecule has 10 heavy (non-hydrogen) atoms. The fraction of sp³-hybridized carbons (Fsp3) is 0.778. The molecule has 0 radical (unpaired) electrons. The number of alkyl halides is 1. The lowest BCUT2D eigenvalue weighted by atomic mass is 10.0. The maximum Gasteiger partial charge on any atom is 0.00241 e. The van der Waals surface area contributed by atoms with Crippen LogP contribution in [0.5, 0.6) is 0 Å². The van der Waals surface area contributed by atoms with Crippen molar-refractivity contribution < 1.29 is 0 Å². The van der Waals surface area contributed by atoms with Crippen LogP contribution in [0.4, 0.5) is 0 Å². The second-order valence-electron chi connectivity index (χ2n) is 2.92. The Morgan fingerprint density at radius 1 is 1.60 bits per heavy atom. The van der Waals surface area contributed by atoms with Gasteiger partial charge in [-0.15, -0.1) is 0 Å². The van der Waals surface area contributed by atoms with Crippen molar-refractivity contribution in [1.29, 1.82) is 0 Å². The van der Waals surface area contributed by atoms with E-state index in [1.807, 2.05) is 0 Å². The minimum atomic E-state index is 0.850. The molecule has 0 spiro atoms. The average Bonchev–Trinajstić information content (AvgIpc) is 1.88. The van der Waals surface area contributed by atoms with Crippen LogP contribution in [0.15, 0.2) is 11.6 Å². The van der Waals surface area contributed by atoms with Gasteiger partial charge in [0.15, 0.2) is 0 Å². The second kappa shape index (κ2) is 6.20. The maximum absolute atomic E-state index is 2.45. The minimum Gasteiger partial charge on any atom is -0.0861 e. The first kappa shape index (κ1) is 10.5. The van der Waals surface area contributed by atoms with Crippen molar-refractivity contribution in [2.45, 2.75) is 33.6 Å². The summed E-state index contributed by atoms with van der Waals surface area (Å²) in [5, 5.41) is 0. The number of rotatable bonds is 4. The molecule has 0 aromatic carbocycles. The molecule has 0 aromatic rings. The largest absolute Gasteiger partial charge is 0.0861 e. The Kier molecular flexibility index (Phi) is 6.49. The van der Waals surface area contributed by atoms with Gasteiger partial charge in [-0.2, -0.15) is 0 Å². The van der Waals surface area contributed by atoms with Crippen molar-refractivity contribution in [3.05, 3.63) is 11.6 Å². The summed E-state index contributed by atoms with van der Waals surface area (Å²) in [6.45, 7) is 6.73. The predicted molar refractivity (Wildman–Crippen MR) is 56.7 cm³/mol. The van der Waals surface area contributed by atoms with Gasteiger partial charge in [0.1, 0.15) is 0 Å². The van der Waals surface area contributed by atoms with Gasteiger partial charge in [0.05, 0.1) is 0 Å². The van der Waals surface area contributed by atoms with Crippen LogP contribution in [0.2, 0.25) is 0 Å². The molecule has 0 aromatic heterocycles. The van der Waals surface area contributed by atoms with E-state index in [-0.39, 0.29) is 0 Å². The SMILES string of the molecule is CC/C=C(\C)C[C@H](C)CI. The molecule has 60 valence electrons. The smallest absolute Gasteiger partial charge is 0.00241 e. The minimum absolute atomic E-state index is 0.850. The van der Waals surface area contributed by atoms with Crippen LogP contribution < -0.4 is 0 Å². The molecular weight excluding hydrogens is 235 g/mol. The number of hydrogen-bond acceptors (Lipinski definition) is 0. The van der Waals surface area contributed by atoms with Gasteiger partial charge < -0.3 is 0 Å². The zero-order valence-electron chi connectivity index (χ0n) is 7.15. The van der Waals surface area contributed by atoms with E-state index < -0.39 is 0 Å². The molecule has 0 aliphatic heterocycles. The quantitative estimate of drug-likeness (QED) is 0.405. The zero-order chi connectivity index (χ0) is 7.98. The highest BCUT2D eigenvalue weighted by Crippen LogP contribution is 2.13. The fourth-order valence-electron chi connectivity index (χ4n) is 1.04. The molecule has 0 aliphatic rings. The van der Waals surface area contributed by atoms with Crippen LogP contribution in [0.3, 0.4) is 0 Å². The number of allylic oxidation sites excluding steroid dienone is 2. The van der Waals surface area contributed by atoms with Crippen molar-refractivity contribution >= 4 is 22.6 Å². The Labute approximate surface area is 78.2 Å². The fourth-order valence-corrected chi connectivity index (χ4v) is 1.35. The zero-order valence-corrected chi connectivity index (χ0v) is 9.31. The van der Waals surface area contributed by atoms with E-state index in [2.05, 4.69) is 49.4 Å². The second-order valence-corrected chi connectivity index (χ2v) is 3.80. The summed E-state index contributed by atoms with van der Waals surface area (Å²) >= 11 is 2.45. The van der Waals surface area contributed by atoms with E-state index in [1.54, 1.807) is 5.57 Å². The first-order chi connectivity index (χ1) is 4.70. The molecule has 0 unspecified atom stereocenters. The molecule has 0 amide bonds. The highest BCUT2D eigenvalue weighted by atomic mass is 127. The lowest BCUT2D eigenvalue weighted by Gasteiger charge is -2.06. The molecular formula is C9H17I. The van der Waals surface area contributed by atoms with Crippen LogP contribution in [0.25, 0.3) is 0 Å². The van der Waals surface area contributed by atoms with Gasteiger partial charge in [0.2, 0.25) is 0 Å². The highest BCUT2D eigenvalue weighted by molar-refractivity contribution is 14.1. The molecule has 0 saturated heterocycles. The molecule has 0 N–H and O–H groups in total. The Hall–Kier alpha value is 0.470. The lowest BCUT2D eigenvalue weighted by Crippen LogP contribution is -1.95. The number of hydrogen-bond donors (Lipinski definition) is 0. The molecule has 0 aliphatic carbocycles. The van der Waals surface area contributed by atoms with Crippen molar-refractivity contribution in [3.63, 3.8) is 0 Å². The highest BCUT2D eigenvalue weighted by Gasteiger charge is 1.98. The van der Waals surface area contributed by atoms with Crippen molar-refractivity contribution in [1.82, 2.24) is 0 Å². The van der Waals surface area contributed by atoms with E-state index >= 15 is 0 Å². The Morgan fingerprint density at radius 2 is 2.20 bits per heavy atom. The van der Waals surface area contributed by atoms with Crippen LogP contribution in [-0.2, 0) is 0 Å². The van der Waals surface area contributed by atoms with E-state index in [0.29, 0.717) is 0 Å². The molecule has 0 fully saturated rings. The molecule has 1 heteroatoms. The van der Waals surface area contributed by atoms with E-state index in [1.165, 1.54) is 17.3 Å². The van der Waals surface area contributed by atoms with Crippen LogP contribution >= 0.6 is 22.6 Å². The third-order valence-electron chi connectivity index (χ3n) is 1.49. The van der Waals surface area contributed by atoms with Gasteiger partial charge >= 0.3 is 0 Å². The maximum atomic E-state index is 2.45. The van der Waals surface area contributed by atoms with Crippen LogP contribution in [-0.4, -0.2) is 4.43 Å². The van der Waals surface area contributed by atoms with Gasteiger partial charge in [0, 0.05) is 4.43 Å². The first-order valence-corrected chi connectivity index (χ1v) is 5.44. The van der Waals surface area contributed by atoms with Gasteiger partial charge in [0.25, 0.3) is 0 Å². The molecule has 0 rings (SSSR count). The van der Waals surface area contributed by atoms with Gasteiger partial charge in [-0.3, -0.25) is 0 Å². The predicted octanol–water partition coefficient (Wildman–Crippen LogP) is 3.80. The molecule has 0 bridgehead atoms. The van der Waals surface area contributed by atoms with Gasteiger partial charge in [-0.1, -0.05) is 48.1 Å². The lowest BCUT2D eigenvalue weighted by molar-refractivity contribution is 0.661. The summed E-state index contributed by atoms with van der Waals surface area (Å²) < 4.78 is 1.27. The topological polar surface area (TPSA) is 0 Å². The van der Waals surface area contributed by atoms with Crippen molar-refractivity contribution in [2.24, 2.45) is 5.92 Å². The standard InChI is InChI=1S/C9H17I/c1-4-5-8(2)6-9(3)7-10/h5,9H,4,6-7H2,1-3H3/b8-5+/t9-/m0/s1. The summed E-state index contributed by atoms with van der Waals surface area (Å²) in [5.41, 5.74) is 1.55. The molecule has 0 heterocycles. The Bertz CT molecular complexity index is 105. The molecule has 0 saturated carbocycles. The summed E-state index contributed by atoms with van der Waals surface area (Å²) in [6.07, 6.45) is 4.78. The van der Waals surface area contributed by atoms with Crippen LogP contribution in [0, 0.1) is 5.92 Å². The normalized spacial score (nSPS) is 15.4. The Morgan fingerprint density at radius 3 is 2.60 bits per heavy atom. The van der Waals surface area contributed by atoms with Gasteiger partial charge in [-0.05, 0) is 25.7 Å². The Balaban J connectivity index is 3.56. The number of halogens is 1. The summed E-state index contributed by atoms with van der Waals surface area (Å²) in [5.74, 6) is 0.850. The summed E-state index contributed by atoms with van der Waals surface area (Å²) in [7, 11) is 0. The third kappa shape index (κ3) is 5.27. The summed E-state index contributed by atoms with van der Waals surface area (Å²) in [4.78, 5) is 0. The van der Waals surface area contributed by atoms with E-state index in [9.17, 15) is 0 Å². The van der Waals surface area contributed by atoms with Crippen LogP contribution in [0.1, 0.15) is 33.6 Å². The van der Waals surface area contributed by atoms with E-state index in [0.717, 1.165) is 5.92 Å². The van der Waals surface area contributed by atoms with E-state index in [4.69, 9.17) is 0 Å². The summed E-state index contributed by atoms with van der Waals surface area (Å²) in [6, 6.07) is 0. The monoisotopic (exact) mass is 252 g/mol. The molecule has 0 nitrogen and oxygen atoms in total. The van der Waals surface area contributed by atoms with Crippen molar-refractivity contribution in [3.8, 4) is 0 Å². The van der Waals surface area contributed by atoms with Crippen molar-refractivity contribution in [2.75, 3.05) is 4.43 Å². The van der Waals surface area contributed by atoms with Gasteiger partial charge in [-0.25, -0.2) is 0 Å². The first-order valence-electron chi connectivity index (χ1n) is 3.92.